The van der Waals surface area contributed by atoms with E-state index in [1.165, 1.54) is 0 Å². The highest BCUT2D eigenvalue weighted by molar-refractivity contribution is 7.13. The summed E-state index contributed by atoms with van der Waals surface area (Å²) in [5.74, 6) is 0.0299. The van der Waals surface area contributed by atoms with Crippen LogP contribution in [0.1, 0.15) is 10.4 Å². The molecule has 2 aromatic heterocycles. The zero-order chi connectivity index (χ0) is 14.7. The molecule has 21 heavy (non-hydrogen) atoms. The summed E-state index contributed by atoms with van der Waals surface area (Å²) in [4.78, 5) is 17.6. The molecular formula is C16H12ClN2OS+. The maximum absolute atomic E-state index is 12.1. The molecule has 0 radical (unpaired) electrons. The van der Waals surface area contributed by atoms with Gasteiger partial charge in [-0.25, -0.2) is 4.57 Å². The minimum Gasteiger partial charge on any atom is -0.290 e. The van der Waals surface area contributed by atoms with Crippen LogP contribution in [0.3, 0.4) is 0 Å². The number of hydrogen-bond acceptors (Lipinski definition) is 3. The number of carbonyl (C=O) groups is 1. The lowest BCUT2D eigenvalue weighted by Gasteiger charge is -2.00. The van der Waals surface area contributed by atoms with Crippen molar-refractivity contribution in [1.29, 1.82) is 0 Å². The molecule has 0 atom stereocenters. The van der Waals surface area contributed by atoms with Crippen LogP contribution in [0.25, 0.3) is 10.6 Å². The van der Waals surface area contributed by atoms with Gasteiger partial charge >= 0.3 is 0 Å². The number of ketones is 1. The lowest BCUT2D eigenvalue weighted by Crippen LogP contribution is -2.37. The minimum atomic E-state index is 0.0299. The van der Waals surface area contributed by atoms with Gasteiger partial charge in [0.25, 0.3) is 6.33 Å². The maximum atomic E-state index is 12.1. The Kier molecular flexibility index (Phi) is 4.08. The van der Waals surface area contributed by atoms with Crippen LogP contribution < -0.4 is 4.57 Å². The molecule has 3 nitrogen and oxygen atoms in total. The molecular weight excluding hydrogens is 304 g/mol. The van der Waals surface area contributed by atoms with Crippen molar-refractivity contribution in [2.45, 2.75) is 6.54 Å². The average molecular weight is 316 g/mol. The molecule has 0 bridgehead atoms. The van der Waals surface area contributed by atoms with Crippen molar-refractivity contribution in [2.24, 2.45) is 0 Å². The fourth-order valence-electron chi connectivity index (χ4n) is 1.94. The third kappa shape index (κ3) is 3.35. The number of benzene rings is 1. The molecule has 5 heteroatoms. The molecule has 104 valence electrons. The number of rotatable bonds is 4. The Bertz CT molecular complexity index is 737. The van der Waals surface area contributed by atoms with Crippen LogP contribution in [0.5, 0.6) is 0 Å². The Morgan fingerprint density at radius 1 is 1.19 bits per heavy atom. The normalized spacial score (nSPS) is 10.5. The van der Waals surface area contributed by atoms with E-state index >= 15 is 0 Å². The number of hydrogen-bond donors (Lipinski definition) is 0. The van der Waals surface area contributed by atoms with Crippen LogP contribution in [0.2, 0.25) is 5.02 Å². The number of halogens is 1. The van der Waals surface area contributed by atoms with Crippen LogP contribution in [-0.2, 0) is 6.54 Å². The first kappa shape index (κ1) is 13.9. The summed E-state index contributed by atoms with van der Waals surface area (Å²) in [7, 11) is 0. The molecule has 3 aromatic rings. The molecule has 0 spiro atoms. The van der Waals surface area contributed by atoms with E-state index in [9.17, 15) is 4.79 Å². The third-order valence-electron chi connectivity index (χ3n) is 3.04. The molecule has 3 rings (SSSR count). The Balaban J connectivity index is 1.73. The van der Waals surface area contributed by atoms with Crippen LogP contribution in [0.4, 0.5) is 0 Å². The van der Waals surface area contributed by atoms with Crippen molar-refractivity contribution < 1.29 is 9.36 Å². The highest BCUT2D eigenvalue weighted by Crippen LogP contribution is 2.20. The highest BCUT2D eigenvalue weighted by atomic mass is 35.5. The molecule has 2 heterocycles. The van der Waals surface area contributed by atoms with Gasteiger partial charge in [-0.15, -0.1) is 11.3 Å². The number of carbonyl (C=O) groups excluding carboxylic acids is 1. The van der Waals surface area contributed by atoms with Gasteiger partial charge in [0.2, 0.25) is 5.78 Å². The second-order valence-corrected chi connectivity index (χ2v) is 5.91. The number of nitrogens with zero attached hydrogens (tertiary/aromatic N) is 2. The number of aromatic nitrogens is 2. The Hall–Kier alpha value is -2.04. The first-order valence-corrected chi connectivity index (χ1v) is 7.66. The van der Waals surface area contributed by atoms with E-state index in [-0.39, 0.29) is 12.3 Å². The van der Waals surface area contributed by atoms with E-state index in [1.54, 1.807) is 46.5 Å². The largest absolute Gasteiger partial charge is 0.290 e. The quantitative estimate of drug-likeness (QED) is 0.544. The first-order valence-electron chi connectivity index (χ1n) is 6.40. The van der Waals surface area contributed by atoms with Gasteiger partial charge in [-0.3, -0.25) is 4.79 Å². The fraction of sp³-hybridized carbons (Fsp3) is 0.0625. The van der Waals surface area contributed by atoms with Crippen LogP contribution in [0, 0.1) is 0 Å². The second kappa shape index (κ2) is 6.16. The predicted octanol–water partition coefficient (Wildman–Crippen LogP) is 3.63. The summed E-state index contributed by atoms with van der Waals surface area (Å²) >= 11 is 7.46. The van der Waals surface area contributed by atoms with E-state index in [4.69, 9.17) is 11.6 Å². The first-order chi connectivity index (χ1) is 10.2. The van der Waals surface area contributed by atoms with Gasteiger partial charge in [-0.2, -0.15) is 0 Å². The number of thiophene rings is 1. The lowest BCUT2D eigenvalue weighted by molar-refractivity contribution is -0.686. The smallest absolute Gasteiger partial charge is 0.287 e. The molecule has 0 aliphatic heterocycles. The van der Waals surface area contributed by atoms with Gasteiger partial charge in [0.1, 0.15) is 0 Å². The zero-order valence-electron chi connectivity index (χ0n) is 11.1. The van der Waals surface area contributed by atoms with Crippen LogP contribution in [0.15, 0.2) is 60.4 Å². The van der Waals surface area contributed by atoms with Gasteiger partial charge in [0, 0.05) is 16.7 Å². The van der Waals surface area contributed by atoms with Gasteiger partial charge < -0.3 is 0 Å². The second-order valence-electron chi connectivity index (χ2n) is 4.53. The average Bonchev–Trinajstić information content (AvgIpc) is 3.03. The summed E-state index contributed by atoms with van der Waals surface area (Å²) in [6.45, 7) is 0.263. The molecule has 0 aliphatic rings. The summed E-state index contributed by atoms with van der Waals surface area (Å²) in [6.07, 6.45) is 3.55. The van der Waals surface area contributed by atoms with Crippen molar-refractivity contribution in [2.75, 3.05) is 0 Å². The van der Waals surface area contributed by atoms with Crippen molar-refractivity contribution in [3.8, 4) is 10.6 Å². The standard InChI is InChI=1S/C16H12ClN2OS/c17-13-5-3-12(4-6-13)15(20)10-19-8-7-14(18-11-19)16-2-1-9-21-16/h1-9,11H,10H2/q+1. The summed E-state index contributed by atoms with van der Waals surface area (Å²) in [5.41, 5.74) is 1.56. The monoisotopic (exact) mass is 315 g/mol. The highest BCUT2D eigenvalue weighted by Gasteiger charge is 2.12. The number of Topliss-reactive ketones (excluding diaryl/α,β-unsaturated/α-hetero) is 1. The summed E-state index contributed by atoms with van der Waals surface area (Å²) in [6, 6.07) is 12.8. The summed E-state index contributed by atoms with van der Waals surface area (Å²) in [5, 5.41) is 2.64. The molecule has 0 aliphatic carbocycles. The Labute approximate surface area is 131 Å². The van der Waals surface area contributed by atoms with Gasteiger partial charge in [-0.05, 0) is 40.7 Å². The molecule has 0 amide bonds. The van der Waals surface area contributed by atoms with E-state index in [0.717, 1.165) is 10.6 Å². The molecule has 0 saturated carbocycles. The van der Waals surface area contributed by atoms with Crippen molar-refractivity contribution in [1.82, 2.24) is 4.98 Å². The minimum absolute atomic E-state index is 0.0299. The van der Waals surface area contributed by atoms with Crippen molar-refractivity contribution in [3.05, 3.63) is 71.0 Å². The van der Waals surface area contributed by atoms with Crippen molar-refractivity contribution >= 4 is 28.7 Å². The van der Waals surface area contributed by atoms with Gasteiger partial charge in [0.15, 0.2) is 12.2 Å². The Morgan fingerprint density at radius 2 is 2.00 bits per heavy atom. The van der Waals surface area contributed by atoms with Crippen LogP contribution >= 0.6 is 22.9 Å². The molecule has 0 saturated heterocycles. The van der Waals surface area contributed by atoms with Gasteiger partial charge in [-0.1, -0.05) is 17.7 Å². The molecule has 0 unspecified atom stereocenters. The molecule has 1 aromatic carbocycles. The zero-order valence-corrected chi connectivity index (χ0v) is 12.6. The third-order valence-corrected chi connectivity index (χ3v) is 4.18. The van der Waals surface area contributed by atoms with E-state index < -0.39 is 0 Å². The van der Waals surface area contributed by atoms with Gasteiger partial charge in [0.05, 0.1) is 11.1 Å². The topological polar surface area (TPSA) is 33.8 Å². The van der Waals surface area contributed by atoms with Crippen molar-refractivity contribution in [3.63, 3.8) is 0 Å². The summed E-state index contributed by atoms with van der Waals surface area (Å²) < 4.78 is 1.77. The Morgan fingerprint density at radius 3 is 2.62 bits per heavy atom. The van der Waals surface area contributed by atoms with E-state index in [2.05, 4.69) is 4.98 Å². The fourth-order valence-corrected chi connectivity index (χ4v) is 2.77. The SMILES string of the molecule is O=C(C[n+]1ccc(-c2cccs2)nc1)c1ccc(Cl)cc1. The maximum Gasteiger partial charge on any atom is 0.287 e. The molecule has 0 fully saturated rings. The molecule has 0 N–H and O–H groups in total. The van der Waals surface area contributed by atoms with E-state index in [1.807, 2.05) is 29.8 Å². The van der Waals surface area contributed by atoms with E-state index in [0.29, 0.717) is 10.6 Å². The van der Waals surface area contributed by atoms with Crippen LogP contribution in [-0.4, -0.2) is 10.8 Å². The lowest BCUT2D eigenvalue weighted by atomic mass is 10.1. The predicted molar refractivity (Wildman–Crippen MR) is 83.5 cm³/mol.